The molecule has 5 heteroatoms. The van der Waals surface area contributed by atoms with Crippen LogP contribution in [0.25, 0.3) is 0 Å². The third kappa shape index (κ3) is 2.17. The maximum Gasteiger partial charge on any atom is 0.322 e. The lowest BCUT2D eigenvalue weighted by molar-refractivity contribution is -0.144. The first-order chi connectivity index (χ1) is 5.55. The molecule has 0 amide bonds. The molecule has 0 aliphatic carbocycles. The van der Waals surface area contributed by atoms with E-state index in [9.17, 15) is 4.79 Å². The molecule has 1 fully saturated rings. The molecule has 5 nitrogen and oxygen atoms in total. The summed E-state index contributed by atoms with van der Waals surface area (Å²) in [7, 11) is 1.35. The number of ether oxygens (including phenoxy) is 1. The summed E-state index contributed by atoms with van der Waals surface area (Å²) in [5.74, 6) is -0.296. The lowest BCUT2D eigenvalue weighted by Crippen LogP contribution is -2.61. The predicted molar refractivity (Wildman–Crippen MR) is 44.1 cm³/mol. The first kappa shape index (κ1) is 9.44. The maximum absolute atomic E-state index is 11.1. The molecule has 0 radical (unpaired) electrons. The van der Waals surface area contributed by atoms with E-state index in [0.717, 1.165) is 0 Å². The van der Waals surface area contributed by atoms with Gasteiger partial charge in [-0.25, -0.2) is 0 Å². The van der Waals surface area contributed by atoms with Crippen LogP contribution in [0.2, 0.25) is 0 Å². The van der Waals surface area contributed by atoms with Crippen LogP contribution in [0.1, 0.15) is 12.8 Å². The van der Waals surface area contributed by atoms with Crippen LogP contribution >= 0.6 is 0 Å². The smallest absolute Gasteiger partial charge is 0.322 e. The third-order valence-electron chi connectivity index (χ3n) is 2.05. The number of piperidine rings is 1. The number of hydrogen-bond acceptors (Lipinski definition) is 5. The molecular formula is C7H15N3O2. The van der Waals surface area contributed by atoms with Crippen LogP contribution in [0.4, 0.5) is 0 Å². The molecule has 1 saturated heterocycles. The molecule has 0 aromatic rings. The minimum absolute atomic E-state index is 0.296. The lowest BCUT2D eigenvalue weighted by atomic mass is 9.94. The first-order valence-corrected chi connectivity index (χ1v) is 3.94. The molecule has 0 saturated carbocycles. The molecule has 1 heterocycles. The van der Waals surface area contributed by atoms with Crippen molar-refractivity contribution >= 4 is 5.97 Å². The summed E-state index contributed by atoms with van der Waals surface area (Å²) in [6.07, 6.45) is 1.11. The molecule has 0 spiro atoms. The second-order valence-electron chi connectivity index (χ2n) is 3.22. The highest BCUT2D eigenvalue weighted by atomic mass is 16.5. The second kappa shape index (κ2) is 3.38. The van der Waals surface area contributed by atoms with Gasteiger partial charge in [-0.1, -0.05) is 0 Å². The van der Waals surface area contributed by atoms with Gasteiger partial charge in [0.15, 0.2) is 0 Å². The van der Waals surface area contributed by atoms with Crippen molar-refractivity contribution in [3.63, 3.8) is 0 Å². The Morgan fingerprint density at radius 1 is 1.67 bits per heavy atom. The van der Waals surface area contributed by atoms with Gasteiger partial charge in [-0.3, -0.25) is 4.79 Å². The third-order valence-corrected chi connectivity index (χ3v) is 2.05. The summed E-state index contributed by atoms with van der Waals surface area (Å²) in [4.78, 5) is 11.1. The van der Waals surface area contributed by atoms with Gasteiger partial charge in [-0.15, -0.1) is 0 Å². The molecule has 70 valence electrons. The van der Waals surface area contributed by atoms with Crippen molar-refractivity contribution in [1.82, 2.24) is 5.32 Å². The van der Waals surface area contributed by atoms with Gasteiger partial charge in [0.1, 0.15) is 6.04 Å². The Bertz CT molecular complexity index is 181. The Morgan fingerprint density at radius 3 is 2.83 bits per heavy atom. The van der Waals surface area contributed by atoms with Gasteiger partial charge in [0.05, 0.1) is 12.8 Å². The Balaban J connectivity index is 2.52. The zero-order valence-electron chi connectivity index (χ0n) is 7.17. The fraction of sp³-hybridized carbons (Fsp3) is 0.857. The largest absolute Gasteiger partial charge is 0.468 e. The van der Waals surface area contributed by atoms with E-state index in [0.29, 0.717) is 19.4 Å². The van der Waals surface area contributed by atoms with E-state index in [2.05, 4.69) is 10.1 Å². The molecule has 0 bridgehead atoms. The van der Waals surface area contributed by atoms with E-state index in [4.69, 9.17) is 11.5 Å². The van der Waals surface area contributed by atoms with Crippen LogP contribution < -0.4 is 16.8 Å². The van der Waals surface area contributed by atoms with E-state index in [-0.39, 0.29) is 12.0 Å². The SMILES string of the molecule is COC(=O)C1CC(N)(N)CCN1. The molecule has 1 aliphatic heterocycles. The van der Waals surface area contributed by atoms with Gasteiger partial charge in [0.2, 0.25) is 0 Å². The average molecular weight is 173 g/mol. The summed E-state index contributed by atoms with van der Waals surface area (Å²) >= 11 is 0. The predicted octanol–water partition coefficient (Wildman–Crippen LogP) is -1.47. The molecule has 1 atom stereocenters. The number of carbonyl (C=O) groups excluding carboxylic acids is 1. The van der Waals surface area contributed by atoms with Crippen LogP contribution in [-0.2, 0) is 9.53 Å². The minimum atomic E-state index is -0.732. The zero-order valence-corrected chi connectivity index (χ0v) is 7.17. The maximum atomic E-state index is 11.1. The fourth-order valence-electron chi connectivity index (χ4n) is 1.34. The van der Waals surface area contributed by atoms with Crippen LogP contribution in [0.15, 0.2) is 0 Å². The summed E-state index contributed by atoms with van der Waals surface area (Å²) in [5, 5.41) is 2.99. The van der Waals surface area contributed by atoms with Crippen molar-refractivity contribution in [2.75, 3.05) is 13.7 Å². The van der Waals surface area contributed by atoms with Gasteiger partial charge < -0.3 is 21.5 Å². The van der Waals surface area contributed by atoms with Crippen LogP contribution in [0.5, 0.6) is 0 Å². The van der Waals surface area contributed by atoms with Crippen molar-refractivity contribution in [1.29, 1.82) is 0 Å². The number of rotatable bonds is 1. The Kier molecular flexibility index (Phi) is 2.66. The molecule has 1 unspecified atom stereocenters. The number of hydrogen-bond donors (Lipinski definition) is 3. The van der Waals surface area contributed by atoms with Crippen molar-refractivity contribution in [3.8, 4) is 0 Å². The highest BCUT2D eigenvalue weighted by molar-refractivity contribution is 5.75. The number of methoxy groups -OCH3 is 1. The fourth-order valence-corrected chi connectivity index (χ4v) is 1.34. The van der Waals surface area contributed by atoms with Crippen LogP contribution in [0.3, 0.4) is 0 Å². The Labute approximate surface area is 71.4 Å². The summed E-state index contributed by atoms with van der Waals surface area (Å²) in [6, 6.07) is -0.348. The zero-order chi connectivity index (χ0) is 9.19. The molecule has 1 rings (SSSR count). The van der Waals surface area contributed by atoms with E-state index < -0.39 is 5.66 Å². The number of carbonyl (C=O) groups is 1. The normalized spacial score (nSPS) is 28.1. The van der Waals surface area contributed by atoms with E-state index in [1.807, 2.05) is 0 Å². The monoisotopic (exact) mass is 173 g/mol. The number of esters is 1. The first-order valence-electron chi connectivity index (χ1n) is 3.94. The van der Waals surface area contributed by atoms with Gasteiger partial charge in [-0.2, -0.15) is 0 Å². The summed E-state index contributed by atoms with van der Waals surface area (Å²) in [5.41, 5.74) is 10.6. The summed E-state index contributed by atoms with van der Waals surface area (Å²) in [6.45, 7) is 0.659. The molecular weight excluding hydrogens is 158 g/mol. The number of nitrogens with two attached hydrogens (primary N) is 2. The highest BCUT2D eigenvalue weighted by Gasteiger charge is 2.33. The standard InChI is InChI=1S/C7H15N3O2/c1-12-6(11)5-4-7(8,9)2-3-10-5/h5,10H,2-4,8-9H2,1H3. The van der Waals surface area contributed by atoms with Gasteiger partial charge in [0, 0.05) is 6.42 Å². The van der Waals surface area contributed by atoms with Crippen molar-refractivity contribution in [2.45, 2.75) is 24.5 Å². The topological polar surface area (TPSA) is 90.4 Å². The van der Waals surface area contributed by atoms with E-state index in [1.165, 1.54) is 7.11 Å². The van der Waals surface area contributed by atoms with E-state index in [1.54, 1.807) is 0 Å². The van der Waals surface area contributed by atoms with E-state index >= 15 is 0 Å². The van der Waals surface area contributed by atoms with Gasteiger partial charge in [-0.05, 0) is 13.0 Å². The minimum Gasteiger partial charge on any atom is -0.468 e. The summed E-state index contributed by atoms with van der Waals surface area (Å²) < 4.78 is 4.57. The Morgan fingerprint density at radius 2 is 2.33 bits per heavy atom. The lowest BCUT2D eigenvalue weighted by Gasteiger charge is -2.34. The average Bonchev–Trinajstić information content (AvgIpc) is 2.01. The molecule has 12 heavy (non-hydrogen) atoms. The quantitative estimate of drug-likeness (QED) is 0.332. The second-order valence-corrected chi connectivity index (χ2v) is 3.22. The van der Waals surface area contributed by atoms with Crippen LogP contribution in [-0.4, -0.2) is 31.3 Å². The molecule has 1 aliphatic rings. The van der Waals surface area contributed by atoms with Crippen molar-refractivity contribution < 1.29 is 9.53 Å². The van der Waals surface area contributed by atoms with Gasteiger partial charge in [0.25, 0.3) is 0 Å². The Hall–Kier alpha value is -0.650. The van der Waals surface area contributed by atoms with Crippen molar-refractivity contribution in [3.05, 3.63) is 0 Å². The van der Waals surface area contributed by atoms with Crippen LogP contribution in [0, 0.1) is 0 Å². The molecule has 5 N–H and O–H groups in total. The molecule has 0 aromatic heterocycles. The van der Waals surface area contributed by atoms with Gasteiger partial charge >= 0.3 is 5.97 Å². The number of nitrogens with one attached hydrogen (secondary N) is 1. The molecule has 0 aromatic carbocycles. The van der Waals surface area contributed by atoms with Crippen molar-refractivity contribution in [2.24, 2.45) is 11.5 Å². The highest BCUT2D eigenvalue weighted by Crippen LogP contribution is 2.13.